The number of aromatic carboxylic acids is 1. The summed E-state index contributed by atoms with van der Waals surface area (Å²) >= 11 is 0. The summed E-state index contributed by atoms with van der Waals surface area (Å²) in [7, 11) is 1.43. The molecule has 1 heterocycles. The van der Waals surface area contributed by atoms with Crippen LogP contribution in [0.2, 0.25) is 0 Å². The zero-order valence-corrected chi connectivity index (χ0v) is 10.4. The molecule has 0 fully saturated rings. The maximum atomic E-state index is 13.5. The van der Waals surface area contributed by atoms with Crippen LogP contribution in [-0.4, -0.2) is 33.2 Å². The predicted molar refractivity (Wildman–Crippen MR) is 63.7 cm³/mol. The number of nitrogens with zero attached hydrogens (tertiary/aromatic N) is 3. The molecule has 0 bridgehead atoms. The molecule has 0 saturated carbocycles. The molecule has 19 heavy (non-hydrogen) atoms. The number of carboxylic acid groups (broad SMARTS) is 1. The predicted octanol–water partition coefficient (Wildman–Crippen LogP) is 1.56. The highest BCUT2D eigenvalue weighted by Gasteiger charge is 2.21. The summed E-state index contributed by atoms with van der Waals surface area (Å²) in [5.41, 5.74) is 0.828. The number of aromatic nitrogens is 3. The highest BCUT2D eigenvalue weighted by atomic mass is 19.1. The number of benzene rings is 1. The van der Waals surface area contributed by atoms with Crippen molar-refractivity contribution in [3.63, 3.8) is 0 Å². The lowest BCUT2D eigenvalue weighted by molar-refractivity contribution is 0.0681. The van der Waals surface area contributed by atoms with Crippen molar-refractivity contribution < 1.29 is 19.0 Å². The number of carbonyl (C=O) groups is 1. The molecular formula is C12H12FN3O3. The number of carboxylic acids is 1. The first-order chi connectivity index (χ1) is 9.04. The van der Waals surface area contributed by atoms with Gasteiger partial charge >= 0.3 is 5.97 Å². The molecule has 0 unspecified atom stereocenters. The van der Waals surface area contributed by atoms with E-state index in [-0.39, 0.29) is 18.0 Å². The molecule has 0 aliphatic carbocycles. The summed E-state index contributed by atoms with van der Waals surface area (Å²) < 4.78 is 19.5. The molecule has 0 atom stereocenters. The van der Waals surface area contributed by atoms with Crippen LogP contribution in [0.1, 0.15) is 21.7 Å². The third-order valence-electron chi connectivity index (χ3n) is 2.62. The average Bonchev–Trinajstić information content (AvgIpc) is 2.77. The first-order valence-electron chi connectivity index (χ1n) is 5.48. The second-order valence-corrected chi connectivity index (χ2v) is 3.97. The van der Waals surface area contributed by atoms with Crippen molar-refractivity contribution >= 4 is 5.97 Å². The fourth-order valence-electron chi connectivity index (χ4n) is 1.66. The first-order valence-corrected chi connectivity index (χ1v) is 5.48. The van der Waals surface area contributed by atoms with E-state index in [2.05, 4.69) is 10.3 Å². The SMILES string of the molecule is COCc1nnn(-c2ccc(C)c(F)c2)c1C(=O)O. The maximum Gasteiger partial charge on any atom is 0.356 e. The Bertz CT molecular complexity index is 625. The van der Waals surface area contributed by atoms with E-state index in [1.807, 2.05) is 0 Å². The third-order valence-corrected chi connectivity index (χ3v) is 2.62. The normalized spacial score (nSPS) is 10.7. The Morgan fingerprint density at radius 3 is 2.84 bits per heavy atom. The number of halogens is 1. The monoisotopic (exact) mass is 265 g/mol. The van der Waals surface area contributed by atoms with Crippen LogP contribution in [0.15, 0.2) is 18.2 Å². The smallest absolute Gasteiger partial charge is 0.356 e. The van der Waals surface area contributed by atoms with Gasteiger partial charge in [-0.2, -0.15) is 0 Å². The summed E-state index contributed by atoms with van der Waals surface area (Å²) in [5.74, 6) is -1.63. The number of rotatable bonds is 4. The second-order valence-electron chi connectivity index (χ2n) is 3.97. The van der Waals surface area contributed by atoms with Gasteiger partial charge in [0.2, 0.25) is 0 Å². The van der Waals surface area contributed by atoms with Crippen LogP contribution in [0.4, 0.5) is 4.39 Å². The zero-order valence-electron chi connectivity index (χ0n) is 10.4. The molecule has 1 aromatic heterocycles. The van der Waals surface area contributed by atoms with Crippen LogP contribution in [0.5, 0.6) is 0 Å². The number of ether oxygens (including phenoxy) is 1. The van der Waals surface area contributed by atoms with Crippen LogP contribution in [-0.2, 0) is 11.3 Å². The molecule has 0 aliphatic heterocycles. The van der Waals surface area contributed by atoms with E-state index in [9.17, 15) is 14.3 Å². The Hall–Kier alpha value is -2.28. The van der Waals surface area contributed by atoms with Crippen molar-refractivity contribution in [2.24, 2.45) is 0 Å². The molecule has 1 N–H and O–H groups in total. The van der Waals surface area contributed by atoms with E-state index >= 15 is 0 Å². The van der Waals surface area contributed by atoms with Crippen LogP contribution < -0.4 is 0 Å². The van der Waals surface area contributed by atoms with Crippen molar-refractivity contribution in [2.75, 3.05) is 7.11 Å². The molecule has 0 spiro atoms. The maximum absolute atomic E-state index is 13.5. The lowest BCUT2D eigenvalue weighted by Gasteiger charge is -2.05. The lowest BCUT2D eigenvalue weighted by atomic mass is 10.2. The zero-order chi connectivity index (χ0) is 14.0. The topological polar surface area (TPSA) is 77.2 Å². The molecule has 100 valence electrons. The van der Waals surface area contributed by atoms with Crippen molar-refractivity contribution in [3.8, 4) is 5.69 Å². The van der Waals surface area contributed by atoms with Gasteiger partial charge in [0.25, 0.3) is 0 Å². The summed E-state index contributed by atoms with van der Waals surface area (Å²) in [4.78, 5) is 11.3. The van der Waals surface area contributed by atoms with Crippen molar-refractivity contribution in [1.29, 1.82) is 0 Å². The van der Waals surface area contributed by atoms with Gasteiger partial charge in [0.05, 0.1) is 12.3 Å². The van der Waals surface area contributed by atoms with Gasteiger partial charge < -0.3 is 9.84 Å². The highest BCUT2D eigenvalue weighted by molar-refractivity contribution is 5.87. The minimum Gasteiger partial charge on any atom is -0.476 e. The summed E-state index contributed by atoms with van der Waals surface area (Å²) in [6, 6.07) is 4.34. The van der Waals surface area contributed by atoms with Crippen LogP contribution in [0.25, 0.3) is 5.69 Å². The summed E-state index contributed by atoms with van der Waals surface area (Å²) in [5, 5.41) is 16.7. The Labute approximate surface area is 108 Å². The van der Waals surface area contributed by atoms with Crippen molar-refractivity contribution in [1.82, 2.24) is 15.0 Å². The van der Waals surface area contributed by atoms with Gasteiger partial charge in [0.15, 0.2) is 5.69 Å². The number of hydrogen-bond acceptors (Lipinski definition) is 4. The van der Waals surface area contributed by atoms with E-state index < -0.39 is 11.8 Å². The Morgan fingerprint density at radius 2 is 2.26 bits per heavy atom. The molecule has 7 heteroatoms. The molecule has 2 aromatic rings. The van der Waals surface area contributed by atoms with Gasteiger partial charge in [-0.3, -0.25) is 0 Å². The second kappa shape index (κ2) is 5.15. The van der Waals surface area contributed by atoms with E-state index in [1.165, 1.54) is 13.2 Å². The molecular weight excluding hydrogens is 253 g/mol. The first kappa shape index (κ1) is 13.2. The van der Waals surface area contributed by atoms with Gasteiger partial charge in [-0.15, -0.1) is 5.10 Å². The fraction of sp³-hybridized carbons (Fsp3) is 0.250. The minimum atomic E-state index is -1.20. The number of aryl methyl sites for hydroxylation is 1. The largest absolute Gasteiger partial charge is 0.476 e. The van der Waals surface area contributed by atoms with Crippen molar-refractivity contribution in [3.05, 3.63) is 41.0 Å². The van der Waals surface area contributed by atoms with E-state index in [1.54, 1.807) is 19.1 Å². The Balaban J connectivity index is 2.55. The van der Waals surface area contributed by atoms with Gasteiger partial charge in [0.1, 0.15) is 11.5 Å². The molecule has 0 aliphatic rings. The summed E-state index contributed by atoms with van der Waals surface area (Å²) in [6.45, 7) is 1.64. The van der Waals surface area contributed by atoms with Crippen LogP contribution >= 0.6 is 0 Å². The number of hydrogen-bond donors (Lipinski definition) is 1. The third kappa shape index (κ3) is 2.45. The van der Waals surface area contributed by atoms with Gasteiger partial charge in [0, 0.05) is 7.11 Å². The van der Waals surface area contributed by atoms with Crippen molar-refractivity contribution in [2.45, 2.75) is 13.5 Å². The Kier molecular flexibility index (Phi) is 3.57. The number of methoxy groups -OCH3 is 1. The molecule has 0 amide bonds. The minimum absolute atomic E-state index is 0.0238. The van der Waals surface area contributed by atoms with E-state index in [4.69, 9.17) is 4.74 Å². The molecule has 6 nitrogen and oxygen atoms in total. The van der Waals surface area contributed by atoms with Crippen LogP contribution in [0, 0.1) is 12.7 Å². The molecule has 0 radical (unpaired) electrons. The average molecular weight is 265 g/mol. The van der Waals surface area contributed by atoms with Gasteiger partial charge in [-0.05, 0) is 24.6 Å². The van der Waals surface area contributed by atoms with E-state index in [0.29, 0.717) is 11.3 Å². The van der Waals surface area contributed by atoms with E-state index in [0.717, 1.165) is 4.68 Å². The molecule has 0 saturated heterocycles. The lowest BCUT2D eigenvalue weighted by Crippen LogP contribution is -2.11. The van der Waals surface area contributed by atoms with Crippen LogP contribution in [0.3, 0.4) is 0 Å². The summed E-state index contributed by atoms with van der Waals surface area (Å²) in [6.07, 6.45) is 0. The molecule has 1 aromatic carbocycles. The fourth-order valence-corrected chi connectivity index (χ4v) is 1.66. The Morgan fingerprint density at radius 1 is 1.53 bits per heavy atom. The standard InChI is InChI=1S/C12H12FN3O3/c1-7-3-4-8(5-9(7)13)16-11(12(17)18)10(6-19-2)14-15-16/h3-5H,6H2,1-2H3,(H,17,18). The highest BCUT2D eigenvalue weighted by Crippen LogP contribution is 2.16. The quantitative estimate of drug-likeness (QED) is 0.907. The van der Waals surface area contributed by atoms with Gasteiger partial charge in [-0.25, -0.2) is 13.9 Å². The van der Waals surface area contributed by atoms with Gasteiger partial charge in [-0.1, -0.05) is 11.3 Å². The molecule has 2 rings (SSSR count).